The molecule has 0 aliphatic carbocycles. The Morgan fingerprint density at radius 3 is 2.50 bits per heavy atom. The first kappa shape index (κ1) is 19.9. The van der Waals surface area contributed by atoms with Gasteiger partial charge in [-0.15, -0.1) is 0 Å². The van der Waals surface area contributed by atoms with Crippen LogP contribution in [0.2, 0.25) is 0 Å². The van der Waals surface area contributed by atoms with Crippen LogP contribution in [0.3, 0.4) is 0 Å². The lowest BCUT2D eigenvalue weighted by Crippen LogP contribution is -2.47. The highest BCUT2D eigenvalue weighted by Crippen LogP contribution is 2.42. The quantitative estimate of drug-likeness (QED) is 0.621. The van der Waals surface area contributed by atoms with E-state index in [0.717, 1.165) is 16.9 Å². The molecule has 6 nitrogen and oxygen atoms in total. The largest absolute Gasteiger partial charge is 0.361 e. The first-order valence-electron chi connectivity index (χ1n) is 10.2. The van der Waals surface area contributed by atoms with Crippen LogP contribution in [0.25, 0.3) is 0 Å². The van der Waals surface area contributed by atoms with Gasteiger partial charge in [-0.1, -0.05) is 48.5 Å². The summed E-state index contributed by atoms with van der Waals surface area (Å²) < 4.78 is 5.11. The minimum Gasteiger partial charge on any atom is -0.361 e. The van der Waals surface area contributed by atoms with Gasteiger partial charge in [-0.05, 0) is 44.0 Å². The Bertz CT molecular complexity index is 1060. The molecule has 154 valence electrons. The maximum absolute atomic E-state index is 13.2. The molecular formula is C24H25N3O3. The van der Waals surface area contributed by atoms with Crippen molar-refractivity contribution in [3.05, 3.63) is 77.7 Å². The summed E-state index contributed by atoms with van der Waals surface area (Å²) in [6.45, 7) is 5.65. The number of aromatic nitrogens is 1. The molecule has 0 unspecified atom stereocenters. The average Bonchev–Trinajstić information content (AvgIpc) is 3.20. The lowest BCUT2D eigenvalue weighted by molar-refractivity contribution is -0.118. The SMILES string of the molecule is CCC(=O)N(c1ccccc1)[C@@H]1C[C@H](C)N(C(=O)c2cc(C)on2)c2ccccc21. The fourth-order valence-electron chi connectivity index (χ4n) is 4.18. The van der Waals surface area contributed by atoms with E-state index in [0.29, 0.717) is 18.6 Å². The molecule has 6 heteroatoms. The minimum absolute atomic E-state index is 0.0557. The number of aryl methyl sites for hydroxylation is 1. The van der Waals surface area contributed by atoms with E-state index in [4.69, 9.17) is 4.52 Å². The van der Waals surface area contributed by atoms with Crippen LogP contribution in [0.15, 0.2) is 65.2 Å². The van der Waals surface area contributed by atoms with Gasteiger partial charge < -0.3 is 14.3 Å². The second-order valence-corrected chi connectivity index (χ2v) is 7.61. The van der Waals surface area contributed by atoms with Crippen LogP contribution in [0, 0.1) is 6.92 Å². The van der Waals surface area contributed by atoms with Gasteiger partial charge in [-0.25, -0.2) is 0 Å². The average molecular weight is 403 g/mol. The van der Waals surface area contributed by atoms with Gasteiger partial charge in [0.05, 0.1) is 6.04 Å². The number of rotatable bonds is 4. The van der Waals surface area contributed by atoms with E-state index in [1.54, 1.807) is 17.9 Å². The molecule has 30 heavy (non-hydrogen) atoms. The maximum Gasteiger partial charge on any atom is 0.280 e. The van der Waals surface area contributed by atoms with Crippen LogP contribution in [-0.4, -0.2) is 23.0 Å². The maximum atomic E-state index is 13.2. The second kappa shape index (κ2) is 8.14. The first-order valence-corrected chi connectivity index (χ1v) is 10.2. The second-order valence-electron chi connectivity index (χ2n) is 7.61. The number of benzene rings is 2. The van der Waals surface area contributed by atoms with Crippen molar-refractivity contribution in [2.75, 3.05) is 9.80 Å². The molecule has 0 N–H and O–H groups in total. The highest BCUT2D eigenvalue weighted by molar-refractivity contribution is 6.06. The summed E-state index contributed by atoms with van der Waals surface area (Å²) in [7, 11) is 0. The molecule has 1 aliphatic heterocycles. The van der Waals surface area contributed by atoms with Crippen molar-refractivity contribution >= 4 is 23.2 Å². The van der Waals surface area contributed by atoms with Gasteiger partial charge in [0.15, 0.2) is 5.69 Å². The molecule has 1 aliphatic rings. The summed E-state index contributed by atoms with van der Waals surface area (Å²) in [6.07, 6.45) is 1.03. The predicted molar refractivity (Wildman–Crippen MR) is 116 cm³/mol. The number of para-hydroxylation sites is 2. The van der Waals surface area contributed by atoms with E-state index in [2.05, 4.69) is 5.16 Å². The number of hydrogen-bond acceptors (Lipinski definition) is 4. The molecular weight excluding hydrogens is 378 g/mol. The normalized spacial score (nSPS) is 18.0. The number of amides is 2. The summed E-state index contributed by atoms with van der Waals surface area (Å²) in [5.74, 6) is 0.455. The zero-order valence-electron chi connectivity index (χ0n) is 17.4. The molecule has 0 spiro atoms. The van der Waals surface area contributed by atoms with E-state index < -0.39 is 0 Å². The van der Waals surface area contributed by atoms with Crippen molar-refractivity contribution in [2.45, 2.75) is 45.7 Å². The summed E-state index contributed by atoms with van der Waals surface area (Å²) in [5, 5.41) is 3.91. The molecule has 2 aromatic carbocycles. The topological polar surface area (TPSA) is 66.7 Å². The van der Waals surface area contributed by atoms with Gasteiger partial charge >= 0.3 is 0 Å². The Labute approximate surface area is 176 Å². The van der Waals surface area contributed by atoms with E-state index in [-0.39, 0.29) is 29.6 Å². The van der Waals surface area contributed by atoms with E-state index in [1.807, 2.05) is 73.3 Å². The lowest BCUT2D eigenvalue weighted by atomic mass is 9.89. The number of anilines is 2. The molecule has 2 atom stereocenters. The smallest absolute Gasteiger partial charge is 0.280 e. The van der Waals surface area contributed by atoms with Crippen molar-refractivity contribution in [1.29, 1.82) is 0 Å². The van der Waals surface area contributed by atoms with Gasteiger partial charge in [0.1, 0.15) is 5.76 Å². The molecule has 0 bridgehead atoms. The minimum atomic E-state index is -0.196. The van der Waals surface area contributed by atoms with Crippen molar-refractivity contribution < 1.29 is 14.1 Å². The van der Waals surface area contributed by atoms with E-state index in [9.17, 15) is 9.59 Å². The van der Waals surface area contributed by atoms with Crippen LogP contribution in [-0.2, 0) is 4.79 Å². The third-order valence-corrected chi connectivity index (χ3v) is 5.54. The van der Waals surface area contributed by atoms with Crippen molar-refractivity contribution in [1.82, 2.24) is 5.16 Å². The highest BCUT2D eigenvalue weighted by Gasteiger charge is 2.39. The molecule has 2 heterocycles. The fourth-order valence-corrected chi connectivity index (χ4v) is 4.18. The van der Waals surface area contributed by atoms with Gasteiger partial charge in [0.2, 0.25) is 5.91 Å². The fraction of sp³-hybridized carbons (Fsp3) is 0.292. The molecule has 0 fully saturated rings. The Kier molecular flexibility index (Phi) is 5.40. The van der Waals surface area contributed by atoms with Crippen LogP contribution in [0.4, 0.5) is 11.4 Å². The number of carbonyl (C=O) groups excluding carboxylic acids is 2. The molecule has 0 radical (unpaired) electrons. The molecule has 2 amide bonds. The van der Waals surface area contributed by atoms with Crippen LogP contribution >= 0.6 is 0 Å². The standard InChI is InChI=1S/C24H25N3O3/c1-4-23(28)27(18-10-6-5-7-11-18)22-14-16(2)26(21-13-9-8-12-19(21)22)24(29)20-15-17(3)30-25-20/h5-13,15-16,22H,4,14H2,1-3H3/t16-,22+/m0/s1. The third kappa shape index (κ3) is 3.49. The number of carbonyl (C=O) groups is 2. The Hall–Kier alpha value is -3.41. The predicted octanol–water partition coefficient (Wildman–Crippen LogP) is 4.91. The van der Waals surface area contributed by atoms with Crippen LogP contribution in [0.5, 0.6) is 0 Å². The number of fused-ring (bicyclic) bond motifs is 1. The first-order chi connectivity index (χ1) is 14.5. The monoisotopic (exact) mass is 403 g/mol. The van der Waals surface area contributed by atoms with Crippen LogP contribution in [0.1, 0.15) is 54.5 Å². The highest BCUT2D eigenvalue weighted by atomic mass is 16.5. The van der Waals surface area contributed by atoms with Gasteiger partial charge in [-0.3, -0.25) is 9.59 Å². The van der Waals surface area contributed by atoms with Crippen molar-refractivity contribution in [3.63, 3.8) is 0 Å². The lowest BCUT2D eigenvalue weighted by Gasteiger charge is -2.43. The van der Waals surface area contributed by atoms with Gasteiger partial charge in [-0.2, -0.15) is 0 Å². The molecule has 3 aromatic rings. The van der Waals surface area contributed by atoms with Crippen molar-refractivity contribution in [2.24, 2.45) is 0 Å². The van der Waals surface area contributed by atoms with Crippen molar-refractivity contribution in [3.8, 4) is 0 Å². The molecule has 1 aromatic heterocycles. The summed E-state index contributed by atoms with van der Waals surface area (Å²) >= 11 is 0. The molecule has 0 saturated heterocycles. The Balaban J connectivity index is 1.79. The summed E-state index contributed by atoms with van der Waals surface area (Å²) in [6, 6.07) is 18.9. The summed E-state index contributed by atoms with van der Waals surface area (Å²) in [4.78, 5) is 29.9. The number of hydrogen-bond donors (Lipinski definition) is 0. The van der Waals surface area contributed by atoms with Crippen LogP contribution < -0.4 is 9.80 Å². The molecule has 0 saturated carbocycles. The summed E-state index contributed by atoms with van der Waals surface area (Å²) in [5.41, 5.74) is 2.91. The third-order valence-electron chi connectivity index (χ3n) is 5.54. The van der Waals surface area contributed by atoms with Gasteiger partial charge in [0.25, 0.3) is 5.91 Å². The number of nitrogens with zero attached hydrogens (tertiary/aromatic N) is 3. The van der Waals surface area contributed by atoms with E-state index >= 15 is 0 Å². The zero-order chi connectivity index (χ0) is 21.3. The Morgan fingerprint density at radius 2 is 1.83 bits per heavy atom. The zero-order valence-corrected chi connectivity index (χ0v) is 17.4. The Morgan fingerprint density at radius 1 is 1.13 bits per heavy atom. The van der Waals surface area contributed by atoms with E-state index in [1.165, 1.54) is 0 Å². The van der Waals surface area contributed by atoms with Gasteiger partial charge in [0, 0.05) is 29.9 Å². The molecule has 4 rings (SSSR count).